The molecule has 0 aliphatic carbocycles. The maximum absolute atomic E-state index is 12.3. The van der Waals surface area contributed by atoms with E-state index >= 15 is 0 Å². The minimum Gasteiger partial charge on any atom is -0.387 e. The zero-order valence-electron chi connectivity index (χ0n) is 14.0. The summed E-state index contributed by atoms with van der Waals surface area (Å²) in [5, 5.41) is 13.2. The van der Waals surface area contributed by atoms with Crippen molar-refractivity contribution in [3.05, 3.63) is 59.2 Å². The molecule has 5 heteroatoms. The lowest BCUT2D eigenvalue weighted by molar-refractivity contribution is 0.0913. The summed E-state index contributed by atoms with van der Waals surface area (Å²) in [6.45, 7) is 1.22. The molecule has 0 radical (unpaired) electrons. The Labute approximate surface area is 146 Å². The first-order chi connectivity index (χ1) is 11.6. The molecule has 126 valence electrons. The van der Waals surface area contributed by atoms with Crippen LogP contribution in [0.4, 0.5) is 5.69 Å². The molecule has 1 heterocycles. The van der Waals surface area contributed by atoms with Crippen molar-refractivity contribution in [3.63, 3.8) is 0 Å². The number of amides is 1. The van der Waals surface area contributed by atoms with Crippen LogP contribution in [0, 0.1) is 0 Å². The van der Waals surface area contributed by atoms with E-state index in [2.05, 4.69) is 17.3 Å². The van der Waals surface area contributed by atoms with Crippen molar-refractivity contribution in [3.8, 4) is 0 Å². The molecular weight excluding hydrogens is 320 g/mol. The molecule has 0 bridgehead atoms. The molecular formula is C19H22N2O2S. The number of aliphatic hydroxyl groups is 1. The molecule has 1 aliphatic rings. The van der Waals surface area contributed by atoms with Gasteiger partial charge in [0.1, 0.15) is 0 Å². The highest BCUT2D eigenvalue weighted by Crippen LogP contribution is 2.29. The number of benzene rings is 2. The standard InChI is InChI=1S/C19H22N2O2S/c1-21-10-9-13-11-14(7-8-16(13)21)17(22)12-20-19(23)15-5-3-4-6-18(15)24-2/h3-8,11,17,22H,9-10,12H2,1-2H3,(H,20,23)/t17-/m1/s1. The number of nitrogens with zero attached hydrogens (tertiary/aromatic N) is 1. The number of aliphatic hydroxyl groups excluding tert-OH is 1. The minimum absolute atomic E-state index is 0.153. The first kappa shape index (κ1) is 16.9. The number of hydrogen-bond donors (Lipinski definition) is 2. The van der Waals surface area contributed by atoms with Crippen LogP contribution in [0.3, 0.4) is 0 Å². The molecule has 0 spiro atoms. The summed E-state index contributed by atoms with van der Waals surface area (Å²) < 4.78 is 0. The molecule has 0 unspecified atom stereocenters. The van der Waals surface area contributed by atoms with Crippen molar-refractivity contribution in [2.75, 3.05) is 31.3 Å². The smallest absolute Gasteiger partial charge is 0.252 e. The summed E-state index contributed by atoms with van der Waals surface area (Å²) >= 11 is 1.54. The summed E-state index contributed by atoms with van der Waals surface area (Å²) in [6, 6.07) is 13.5. The summed E-state index contributed by atoms with van der Waals surface area (Å²) in [6.07, 6.45) is 2.24. The van der Waals surface area contributed by atoms with E-state index in [1.54, 1.807) is 17.8 Å². The topological polar surface area (TPSA) is 52.6 Å². The molecule has 0 saturated carbocycles. The van der Waals surface area contributed by atoms with E-state index in [0.717, 1.165) is 23.4 Å². The molecule has 2 aromatic carbocycles. The molecule has 0 saturated heterocycles. The summed E-state index contributed by atoms with van der Waals surface area (Å²) in [5.41, 5.74) is 3.98. The van der Waals surface area contributed by atoms with Gasteiger partial charge in [-0.15, -0.1) is 11.8 Å². The number of likely N-dealkylation sites (N-methyl/N-ethyl adjacent to an activating group) is 1. The SMILES string of the molecule is CSc1ccccc1C(=O)NC[C@@H](O)c1ccc2c(c1)CCN2C. The normalized spacial score (nSPS) is 14.4. The van der Waals surface area contributed by atoms with Gasteiger partial charge in [-0.2, -0.15) is 0 Å². The Bertz CT molecular complexity index is 748. The van der Waals surface area contributed by atoms with Gasteiger partial charge in [-0.1, -0.05) is 24.3 Å². The van der Waals surface area contributed by atoms with Crippen molar-refractivity contribution in [2.24, 2.45) is 0 Å². The summed E-state index contributed by atoms with van der Waals surface area (Å²) in [4.78, 5) is 15.5. The molecule has 4 nitrogen and oxygen atoms in total. The van der Waals surface area contributed by atoms with E-state index in [9.17, 15) is 9.90 Å². The Hall–Kier alpha value is -1.98. The van der Waals surface area contributed by atoms with E-state index in [1.807, 2.05) is 42.7 Å². The molecule has 1 atom stereocenters. The van der Waals surface area contributed by atoms with E-state index < -0.39 is 6.10 Å². The Morgan fingerprint density at radius 3 is 2.92 bits per heavy atom. The average Bonchev–Trinajstić information content (AvgIpc) is 2.99. The Morgan fingerprint density at radius 1 is 1.33 bits per heavy atom. The van der Waals surface area contributed by atoms with Gasteiger partial charge in [0.2, 0.25) is 0 Å². The van der Waals surface area contributed by atoms with Crippen LogP contribution < -0.4 is 10.2 Å². The van der Waals surface area contributed by atoms with Crippen molar-refractivity contribution in [1.82, 2.24) is 5.32 Å². The number of hydrogen-bond acceptors (Lipinski definition) is 4. The zero-order valence-corrected chi connectivity index (χ0v) is 14.8. The van der Waals surface area contributed by atoms with Crippen molar-refractivity contribution < 1.29 is 9.90 Å². The zero-order chi connectivity index (χ0) is 17.1. The van der Waals surface area contributed by atoms with Crippen molar-refractivity contribution >= 4 is 23.4 Å². The number of rotatable bonds is 5. The van der Waals surface area contributed by atoms with Crippen LogP contribution in [-0.4, -0.2) is 37.4 Å². The predicted octanol–water partition coefficient (Wildman–Crippen LogP) is 2.86. The van der Waals surface area contributed by atoms with Gasteiger partial charge in [0.15, 0.2) is 0 Å². The lowest BCUT2D eigenvalue weighted by atomic mass is 10.0. The van der Waals surface area contributed by atoms with Gasteiger partial charge in [-0.25, -0.2) is 0 Å². The third-order valence-electron chi connectivity index (χ3n) is 4.42. The van der Waals surface area contributed by atoms with Crippen molar-refractivity contribution in [1.29, 1.82) is 0 Å². The van der Waals surface area contributed by atoms with Gasteiger partial charge < -0.3 is 15.3 Å². The highest BCUT2D eigenvalue weighted by atomic mass is 32.2. The molecule has 24 heavy (non-hydrogen) atoms. The minimum atomic E-state index is -0.702. The summed E-state index contributed by atoms with van der Waals surface area (Å²) in [5.74, 6) is -0.153. The maximum atomic E-state index is 12.3. The van der Waals surface area contributed by atoms with Gasteiger partial charge in [-0.3, -0.25) is 4.79 Å². The second kappa shape index (κ2) is 7.28. The van der Waals surface area contributed by atoms with Gasteiger partial charge >= 0.3 is 0 Å². The predicted molar refractivity (Wildman–Crippen MR) is 98.9 cm³/mol. The molecule has 3 rings (SSSR count). The Morgan fingerprint density at radius 2 is 2.12 bits per heavy atom. The van der Waals surface area contributed by atoms with E-state index in [0.29, 0.717) is 5.56 Å². The first-order valence-corrected chi connectivity index (χ1v) is 9.26. The average molecular weight is 342 g/mol. The van der Waals surface area contributed by atoms with Crippen LogP contribution in [0.15, 0.2) is 47.4 Å². The highest BCUT2D eigenvalue weighted by Gasteiger charge is 2.18. The second-order valence-electron chi connectivity index (χ2n) is 5.99. The highest BCUT2D eigenvalue weighted by molar-refractivity contribution is 7.98. The number of thioether (sulfide) groups is 1. The van der Waals surface area contributed by atoms with Crippen LogP contribution in [0.1, 0.15) is 27.6 Å². The quantitative estimate of drug-likeness (QED) is 0.821. The largest absolute Gasteiger partial charge is 0.387 e. The molecule has 2 N–H and O–H groups in total. The van der Waals surface area contributed by atoms with Gasteiger partial charge in [0, 0.05) is 30.7 Å². The molecule has 2 aromatic rings. The lowest BCUT2D eigenvalue weighted by Gasteiger charge is -2.16. The maximum Gasteiger partial charge on any atom is 0.252 e. The van der Waals surface area contributed by atoms with Crippen LogP contribution >= 0.6 is 11.8 Å². The second-order valence-corrected chi connectivity index (χ2v) is 6.83. The van der Waals surface area contributed by atoms with Crippen LogP contribution in [-0.2, 0) is 6.42 Å². The molecule has 1 aliphatic heterocycles. The monoisotopic (exact) mass is 342 g/mol. The van der Waals surface area contributed by atoms with Crippen LogP contribution in [0.25, 0.3) is 0 Å². The van der Waals surface area contributed by atoms with Gasteiger partial charge in [-0.05, 0) is 42.0 Å². The van der Waals surface area contributed by atoms with Crippen LogP contribution in [0.5, 0.6) is 0 Å². The fourth-order valence-electron chi connectivity index (χ4n) is 3.03. The Balaban J connectivity index is 1.65. The number of nitrogens with one attached hydrogen (secondary N) is 1. The third-order valence-corrected chi connectivity index (χ3v) is 5.22. The van der Waals surface area contributed by atoms with Gasteiger partial charge in [0.25, 0.3) is 5.91 Å². The first-order valence-electron chi connectivity index (χ1n) is 8.03. The van der Waals surface area contributed by atoms with E-state index in [1.165, 1.54) is 11.3 Å². The number of carbonyl (C=O) groups is 1. The number of anilines is 1. The number of carbonyl (C=O) groups excluding carboxylic acids is 1. The molecule has 0 aromatic heterocycles. The van der Waals surface area contributed by atoms with Gasteiger partial charge in [0.05, 0.1) is 11.7 Å². The fourth-order valence-corrected chi connectivity index (χ4v) is 3.62. The summed E-state index contributed by atoms with van der Waals surface area (Å²) in [7, 11) is 2.07. The number of fused-ring (bicyclic) bond motifs is 1. The lowest BCUT2D eigenvalue weighted by Crippen LogP contribution is -2.28. The Kier molecular flexibility index (Phi) is 5.11. The fraction of sp³-hybridized carbons (Fsp3) is 0.316. The molecule has 0 fully saturated rings. The van der Waals surface area contributed by atoms with E-state index in [4.69, 9.17) is 0 Å². The van der Waals surface area contributed by atoms with Crippen LogP contribution in [0.2, 0.25) is 0 Å². The van der Waals surface area contributed by atoms with E-state index in [-0.39, 0.29) is 12.5 Å². The third kappa shape index (κ3) is 3.42. The molecule has 1 amide bonds. The van der Waals surface area contributed by atoms with Crippen molar-refractivity contribution in [2.45, 2.75) is 17.4 Å².